The van der Waals surface area contributed by atoms with E-state index in [2.05, 4.69) is 75.0 Å². The van der Waals surface area contributed by atoms with Crippen molar-refractivity contribution in [3.63, 3.8) is 0 Å². The number of ether oxygens (including phenoxy) is 3. The summed E-state index contributed by atoms with van der Waals surface area (Å²) >= 11 is -1.27. The van der Waals surface area contributed by atoms with Crippen LogP contribution in [0.5, 0.6) is 0 Å². The summed E-state index contributed by atoms with van der Waals surface area (Å²) in [6.07, 6.45) is 10.9. The van der Waals surface area contributed by atoms with E-state index in [1.54, 1.807) is 7.11 Å². The third-order valence-corrected chi connectivity index (χ3v) is 23.3. The first-order valence-electron chi connectivity index (χ1n) is 33.5. The molecule has 482 valence electrons. The van der Waals surface area contributed by atoms with Gasteiger partial charge < -0.3 is 38.4 Å². The van der Waals surface area contributed by atoms with Gasteiger partial charge in [-0.3, -0.25) is 39.0 Å². The molecule has 0 radical (unpaired) electrons. The van der Waals surface area contributed by atoms with Crippen molar-refractivity contribution in [3.05, 3.63) is 71.0 Å². The largest absolute Gasteiger partial charge is 0.597 e. The smallest absolute Gasteiger partial charge is 0.324 e. The molecule has 6 saturated heterocycles. The highest BCUT2D eigenvalue weighted by atomic mass is 32.2. The summed E-state index contributed by atoms with van der Waals surface area (Å²) < 4.78 is 51.4. The molecule has 18 nitrogen and oxygen atoms in total. The number of amides is 3. The van der Waals surface area contributed by atoms with Gasteiger partial charge in [0.2, 0.25) is 11.8 Å². The number of nitrogens with one attached hydrogen (secondary N) is 2. The topological polar surface area (TPSA) is 180 Å². The fourth-order valence-corrected chi connectivity index (χ4v) is 17.9. The molecular formula is C69H95FN10O8S. The molecule has 2 aliphatic carbocycles. The van der Waals surface area contributed by atoms with Gasteiger partial charge >= 0.3 is 5.97 Å². The number of methoxy groups -OCH3 is 1. The Morgan fingerprint density at radius 2 is 1.75 bits per heavy atom. The van der Waals surface area contributed by atoms with Crippen molar-refractivity contribution < 1.29 is 42.3 Å². The average molecular weight is 1240 g/mol. The van der Waals surface area contributed by atoms with Crippen LogP contribution >= 0.6 is 0 Å². The van der Waals surface area contributed by atoms with Crippen molar-refractivity contribution in [1.29, 1.82) is 0 Å². The normalized spacial score (nSPS) is 29.1. The van der Waals surface area contributed by atoms with Crippen LogP contribution in [-0.2, 0) is 70.8 Å². The molecule has 4 aromatic rings. The van der Waals surface area contributed by atoms with E-state index in [0.29, 0.717) is 88.2 Å². The van der Waals surface area contributed by atoms with Gasteiger partial charge in [-0.15, -0.1) is 4.31 Å². The number of nitrogens with zero attached hydrogens (tertiary/aromatic N) is 8. The number of anilines is 1. The van der Waals surface area contributed by atoms with Gasteiger partial charge in [-0.25, -0.2) is 9.82 Å². The number of rotatable bonds is 13. The summed E-state index contributed by atoms with van der Waals surface area (Å²) in [4.78, 5) is 74.3. The number of alkyl halides is 1. The number of hydrogen-bond donors (Lipinski definition) is 2. The molecular weight excluding hydrogens is 1150 g/mol. The molecule has 9 heterocycles. The molecule has 13 rings (SSSR count). The van der Waals surface area contributed by atoms with E-state index in [1.165, 1.54) is 5.01 Å². The van der Waals surface area contributed by atoms with Crippen LogP contribution in [0.3, 0.4) is 0 Å². The SMILES string of the molecule is CCn1c(-c2cc(N3CCN4CCOC[C@@H]4C3)cnc2[C@H](C)OC)c2c3cc(ccc31)-c1cc(CF)cc(c1)C[C@H](NC(=O)[C@H](C1CCCC1)N1CC[C@]3(CCN(C(=O)[C@H]4[C@@H](C5CC5)N4[S+]([O-])C(C)(C)C)C3)C1)C(=O)N1CCC[C@H](N1)C(=O)OCC(C)(C)C2. The molecule has 9 aliphatic rings. The Balaban J connectivity index is 0.833. The number of cyclic esters (lactones) is 1. The van der Waals surface area contributed by atoms with Gasteiger partial charge in [-0.2, -0.15) is 0 Å². The van der Waals surface area contributed by atoms with Crippen LogP contribution in [0.2, 0.25) is 0 Å². The second-order valence-corrected chi connectivity index (χ2v) is 31.6. The standard InChI is InChI=1S/C69H95FN10O8S/c1-9-78-57-19-18-48-33-52(57)54(61(78)53-34-50(37-71-58(53)43(2)86-8)75-26-25-74-27-28-87-39-51(74)38-75)35-68(6,7)42-88-66(84)55-15-12-22-79(73-55)64(82)56(32-44-29-45(36-70)31-49(48)30-44)72-63(81)60(46-13-10-11-14-46)76-23-20-69(40-76)21-24-77(41-69)65(83)62-59(47-16-17-47)80(62)89(85)67(3,4)5/h18-19,29-31,33-34,37,43,46-47,51,55-56,59-60,62,73H,9-17,20-28,32,35-36,38-42H2,1-8H3,(H,72,81)/t43-,51-,55-,56-,59+,60-,62+,69-,80?,89?/m0/s1. The summed E-state index contributed by atoms with van der Waals surface area (Å²) in [6.45, 7) is 22.4. The van der Waals surface area contributed by atoms with Crippen molar-refractivity contribution in [2.24, 2.45) is 22.7 Å². The maximum absolute atomic E-state index is 15.5. The molecule has 2 aromatic heterocycles. The van der Waals surface area contributed by atoms with Crippen LogP contribution < -0.4 is 15.6 Å². The third-order valence-electron chi connectivity index (χ3n) is 21.4. The van der Waals surface area contributed by atoms with Crippen molar-refractivity contribution >= 4 is 51.6 Å². The Kier molecular flexibility index (Phi) is 17.6. The number of carbonyl (C=O) groups excluding carboxylic acids is 4. The van der Waals surface area contributed by atoms with Crippen molar-refractivity contribution in [2.45, 2.75) is 186 Å². The average Bonchev–Trinajstić information content (AvgIpc) is 1.57. The van der Waals surface area contributed by atoms with E-state index in [1.807, 2.05) is 61.3 Å². The number of morpholine rings is 1. The predicted octanol–water partition coefficient (Wildman–Crippen LogP) is 8.14. The third kappa shape index (κ3) is 12.5. The first kappa shape index (κ1) is 62.6. The number of carbonyl (C=O) groups is 4. The second-order valence-electron chi connectivity index (χ2n) is 29.4. The molecule has 3 amide bonds. The number of pyridine rings is 1. The van der Waals surface area contributed by atoms with Gasteiger partial charge in [0.05, 0.1) is 67.3 Å². The molecule has 7 aliphatic heterocycles. The zero-order valence-electron chi connectivity index (χ0n) is 53.8. The van der Waals surface area contributed by atoms with E-state index in [-0.39, 0.29) is 60.3 Å². The molecule has 20 heteroatoms. The highest BCUT2D eigenvalue weighted by Crippen LogP contribution is 2.52. The number of halogens is 1. The van der Waals surface area contributed by atoms with Gasteiger partial charge in [-0.05, 0) is 163 Å². The number of benzene rings is 2. The van der Waals surface area contributed by atoms with E-state index in [0.717, 1.165) is 134 Å². The lowest BCUT2D eigenvalue weighted by Gasteiger charge is -2.44. The Bertz CT molecular complexity index is 3330. The zero-order valence-corrected chi connectivity index (χ0v) is 54.6. The minimum absolute atomic E-state index is 0.0427. The first-order chi connectivity index (χ1) is 42.7. The Hall–Kier alpha value is -5.19. The minimum atomic E-state index is -1.27. The number of aryl methyl sites for hydroxylation is 1. The lowest BCUT2D eigenvalue weighted by atomic mass is 9.84. The molecule has 89 heavy (non-hydrogen) atoms. The Morgan fingerprint density at radius 1 is 0.955 bits per heavy atom. The number of likely N-dealkylation sites (tertiary alicyclic amines) is 2. The summed E-state index contributed by atoms with van der Waals surface area (Å²) in [5.74, 6) is -0.422. The van der Waals surface area contributed by atoms with Crippen LogP contribution in [0.4, 0.5) is 10.1 Å². The fraction of sp³-hybridized carbons (Fsp3) is 0.667. The molecule has 6 bridgehead atoms. The van der Waals surface area contributed by atoms with Gasteiger partial charge in [-0.1, -0.05) is 44.9 Å². The molecule has 10 atom stereocenters. The van der Waals surface area contributed by atoms with Crippen molar-refractivity contribution in [1.82, 2.24) is 44.3 Å². The number of piperazine rings is 1. The van der Waals surface area contributed by atoms with Crippen LogP contribution in [0.1, 0.15) is 141 Å². The molecule has 2 unspecified atom stereocenters. The number of esters is 1. The number of hydrogen-bond acceptors (Lipinski definition) is 14. The summed E-state index contributed by atoms with van der Waals surface area (Å²) in [6, 6.07) is 12.2. The zero-order chi connectivity index (χ0) is 62.3. The van der Waals surface area contributed by atoms with Crippen molar-refractivity contribution in [2.75, 3.05) is 90.7 Å². The first-order valence-corrected chi connectivity index (χ1v) is 34.6. The van der Waals surface area contributed by atoms with Crippen LogP contribution in [0.25, 0.3) is 33.3 Å². The predicted molar refractivity (Wildman–Crippen MR) is 342 cm³/mol. The number of fused-ring (bicyclic) bond motifs is 7. The quantitative estimate of drug-likeness (QED) is 0.0744. The van der Waals surface area contributed by atoms with Crippen LogP contribution in [0.15, 0.2) is 48.7 Å². The van der Waals surface area contributed by atoms with E-state index in [9.17, 15) is 14.1 Å². The van der Waals surface area contributed by atoms with Gasteiger partial charge in [0.25, 0.3) is 5.91 Å². The highest BCUT2D eigenvalue weighted by molar-refractivity contribution is 7.90. The van der Waals surface area contributed by atoms with Gasteiger partial charge in [0.1, 0.15) is 23.5 Å². The summed E-state index contributed by atoms with van der Waals surface area (Å²) in [7, 11) is 1.72. The number of aromatic nitrogens is 2. The molecule has 8 fully saturated rings. The molecule has 2 saturated carbocycles. The summed E-state index contributed by atoms with van der Waals surface area (Å²) in [5.41, 5.74) is 11.3. The van der Waals surface area contributed by atoms with E-state index in [4.69, 9.17) is 19.2 Å². The lowest BCUT2D eigenvalue weighted by molar-refractivity contribution is -0.155. The Morgan fingerprint density at radius 3 is 2.51 bits per heavy atom. The fourth-order valence-electron chi connectivity index (χ4n) is 16.4. The minimum Gasteiger partial charge on any atom is -0.597 e. The second kappa shape index (κ2) is 25.0. The van der Waals surface area contributed by atoms with Crippen molar-refractivity contribution in [3.8, 4) is 22.4 Å². The van der Waals surface area contributed by atoms with Crippen LogP contribution in [-0.4, -0.2) is 189 Å². The summed E-state index contributed by atoms with van der Waals surface area (Å²) in [5, 5.41) is 5.88. The van der Waals surface area contributed by atoms with E-state index < -0.39 is 52.3 Å². The molecule has 2 aromatic carbocycles. The monoisotopic (exact) mass is 1240 g/mol. The molecule has 1 spiro atoms. The van der Waals surface area contributed by atoms with Crippen LogP contribution in [0, 0.1) is 22.7 Å². The molecule has 2 N–H and O–H groups in total. The lowest BCUT2D eigenvalue weighted by Crippen LogP contribution is -2.62. The van der Waals surface area contributed by atoms with Gasteiger partial charge in [0.15, 0.2) is 6.04 Å². The maximum Gasteiger partial charge on any atom is 0.324 e. The van der Waals surface area contributed by atoms with Gasteiger partial charge in [0, 0.05) is 111 Å². The highest BCUT2D eigenvalue weighted by Gasteiger charge is 2.68. The Labute approximate surface area is 528 Å². The van der Waals surface area contributed by atoms with E-state index >= 15 is 14.0 Å². The number of hydrazine groups is 1. The maximum atomic E-state index is 15.5.